The molecule has 1 aromatic heterocycles. The molecule has 0 bridgehead atoms. The number of hydrogen-bond acceptors (Lipinski definition) is 5. The van der Waals surface area contributed by atoms with E-state index >= 15 is 0 Å². The monoisotopic (exact) mass is 291 g/mol. The molecule has 116 valence electrons. The van der Waals surface area contributed by atoms with E-state index in [-0.39, 0.29) is 5.91 Å². The van der Waals surface area contributed by atoms with E-state index in [0.717, 1.165) is 39.0 Å². The van der Waals surface area contributed by atoms with Gasteiger partial charge in [0, 0.05) is 26.2 Å². The molecule has 1 saturated heterocycles. The summed E-state index contributed by atoms with van der Waals surface area (Å²) in [5.74, 6) is 1.42. The molecule has 1 aromatic rings. The van der Waals surface area contributed by atoms with E-state index in [2.05, 4.69) is 27.1 Å². The lowest BCUT2D eigenvalue weighted by molar-refractivity contribution is 0.0691. The van der Waals surface area contributed by atoms with Crippen molar-refractivity contribution in [1.29, 1.82) is 0 Å². The third-order valence-corrected chi connectivity index (χ3v) is 3.81. The van der Waals surface area contributed by atoms with Gasteiger partial charge in [-0.1, -0.05) is 6.92 Å². The van der Waals surface area contributed by atoms with Gasteiger partial charge in [0.1, 0.15) is 11.5 Å². The molecule has 1 aliphatic heterocycles. The van der Waals surface area contributed by atoms with Gasteiger partial charge in [-0.3, -0.25) is 4.79 Å². The standard InChI is InChI=1S/C15H25N5O/c1-12-4-7-20(8-5-12)15(21)13-10-18-14(11-17-13)16-6-9-19(2)3/h10-12H,4-9H2,1-3H3,(H,16,18). The lowest BCUT2D eigenvalue weighted by atomic mass is 9.99. The minimum atomic E-state index is -0.00533. The van der Waals surface area contributed by atoms with Crippen LogP contribution >= 0.6 is 0 Å². The lowest BCUT2D eigenvalue weighted by Crippen LogP contribution is -2.38. The molecule has 0 atom stereocenters. The van der Waals surface area contributed by atoms with Gasteiger partial charge in [-0.25, -0.2) is 9.97 Å². The van der Waals surface area contributed by atoms with Crippen LogP contribution in [-0.2, 0) is 0 Å². The molecule has 0 aromatic carbocycles. The van der Waals surface area contributed by atoms with Crippen molar-refractivity contribution in [2.45, 2.75) is 19.8 Å². The highest BCUT2D eigenvalue weighted by atomic mass is 16.2. The summed E-state index contributed by atoms with van der Waals surface area (Å²) in [5.41, 5.74) is 0.433. The second-order valence-corrected chi connectivity index (χ2v) is 5.99. The number of amides is 1. The maximum atomic E-state index is 12.3. The number of nitrogens with zero attached hydrogens (tertiary/aromatic N) is 4. The van der Waals surface area contributed by atoms with Gasteiger partial charge >= 0.3 is 0 Å². The number of anilines is 1. The average Bonchev–Trinajstić information content (AvgIpc) is 2.48. The Hall–Kier alpha value is -1.69. The number of nitrogens with one attached hydrogen (secondary N) is 1. The zero-order chi connectivity index (χ0) is 15.2. The van der Waals surface area contributed by atoms with Gasteiger partial charge in [0.2, 0.25) is 0 Å². The molecule has 0 spiro atoms. The summed E-state index contributed by atoms with van der Waals surface area (Å²) in [4.78, 5) is 24.8. The first-order valence-corrected chi connectivity index (χ1v) is 7.56. The quantitative estimate of drug-likeness (QED) is 0.886. The first-order valence-electron chi connectivity index (χ1n) is 7.56. The zero-order valence-electron chi connectivity index (χ0n) is 13.2. The summed E-state index contributed by atoms with van der Waals surface area (Å²) in [5, 5.41) is 3.19. The largest absolute Gasteiger partial charge is 0.368 e. The van der Waals surface area contributed by atoms with Crippen molar-refractivity contribution < 1.29 is 4.79 Å². The second kappa shape index (κ2) is 7.36. The smallest absolute Gasteiger partial charge is 0.274 e. The van der Waals surface area contributed by atoms with Crippen LogP contribution in [0.1, 0.15) is 30.3 Å². The van der Waals surface area contributed by atoms with E-state index in [0.29, 0.717) is 17.4 Å². The molecular formula is C15H25N5O. The van der Waals surface area contributed by atoms with Crippen molar-refractivity contribution in [2.75, 3.05) is 45.6 Å². The van der Waals surface area contributed by atoms with E-state index in [1.54, 1.807) is 12.4 Å². The third kappa shape index (κ3) is 4.67. The third-order valence-electron chi connectivity index (χ3n) is 3.81. The molecule has 1 amide bonds. The van der Waals surface area contributed by atoms with Crippen LogP contribution in [0.15, 0.2) is 12.4 Å². The highest BCUT2D eigenvalue weighted by Crippen LogP contribution is 2.17. The van der Waals surface area contributed by atoms with Crippen LogP contribution in [-0.4, -0.2) is 65.9 Å². The summed E-state index contributed by atoms with van der Waals surface area (Å²) in [6.07, 6.45) is 5.35. The first kappa shape index (κ1) is 15.7. The minimum Gasteiger partial charge on any atom is -0.368 e. The van der Waals surface area contributed by atoms with E-state index in [1.165, 1.54) is 0 Å². The lowest BCUT2D eigenvalue weighted by Gasteiger charge is -2.29. The molecule has 1 fully saturated rings. The maximum absolute atomic E-state index is 12.3. The molecule has 21 heavy (non-hydrogen) atoms. The SMILES string of the molecule is CC1CCN(C(=O)c2cnc(NCCN(C)C)cn2)CC1. The fourth-order valence-corrected chi connectivity index (χ4v) is 2.31. The molecule has 0 radical (unpaired) electrons. The van der Waals surface area contributed by atoms with Crippen LogP contribution in [0, 0.1) is 5.92 Å². The highest BCUT2D eigenvalue weighted by molar-refractivity contribution is 5.92. The molecule has 6 nitrogen and oxygen atoms in total. The van der Waals surface area contributed by atoms with Crippen LogP contribution in [0.5, 0.6) is 0 Å². The average molecular weight is 291 g/mol. The Balaban J connectivity index is 1.87. The Kier molecular flexibility index (Phi) is 5.50. The van der Waals surface area contributed by atoms with Gasteiger partial charge in [0.15, 0.2) is 0 Å². The normalized spacial score (nSPS) is 16.3. The Morgan fingerprint density at radius 1 is 1.33 bits per heavy atom. The second-order valence-electron chi connectivity index (χ2n) is 5.99. The molecule has 0 aliphatic carbocycles. The van der Waals surface area contributed by atoms with Crippen molar-refractivity contribution in [3.05, 3.63) is 18.1 Å². The predicted octanol–water partition coefficient (Wildman–Crippen LogP) is 1.32. The zero-order valence-corrected chi connectivity index (χ0v) is 13.2. The summed E-state index contributed by atoms with van der Waals surface area (Å²) in [6, 6.07) is 0. The molecular weight excluding hydrogens is 266 g/mol. The number of carbonyl (C=O) groups is 1. The fraction of sp³-hybridized carbons (Fsp3) is 0.667. The van der Waals surface area contributed by atoms with Gasteiger partial charge < -0.3 is 15.1 Å². The van der Waals surface area contributed by atoms with Crippen molar-refractivity contribution in [3.63, 3.8) is 0 Å². The number of piperidine rings is 1. The molecule has 2 rings (SSSR count). The van der Waals surface area contributed by atoms with Crippen LogP contribution in [0.25, 0.3) is 0 Å². The predicted molar refractivity (Wildman–Crippen MR) is 83.4 cm³/mol. The van der Waals surface area contributed by atoms with Crippen molar-refractivity contribution in [1.82, 2.24) is 19.8 Å². The van der Waals surface area contributed by atoms with Crippen molar-refractivity contribution >= 4 is 11.7 Å². The molecule has 0 unspecified atom stereocenters. The maximum Gasteiger partial charge on any atom is 0.274 e. The number of likely N-dealkylation sites (tertiary alicyclic amines) is 1. The van der Waals surface area contributed by atoms with Crippen LogP contribution in [0.3, 0.4) is 0 Å². The van der Waals surface area contributed by atoms with Gasteiger partial charge in [-0.15, -0.1) is 0 Å². The Morgan fingerprint density at radius 2 is 2.05 bits per heavy atom. The van der Waals surface area contributed by atoms with E-state index in [4.69, 9.17) is 0 Å². The van der Waals surface area contributed by atoms with Crippen LogP contribution < -0.4 is 5.32 Å². The van der Waals surface area contributed by atoms with E-state index in [1.807, 2.05) is 19.0 Å². The van der Waals surface area contributed by atoms with Gasteiger partial charge in [0.05, 0.1) is 12.4 Å². The summed E-state index contributed by atoms with van der Waals surface area (Å²) in [7, 11) is 4.04. The topological polar surface area (TPSA) is 61.4 Å². The molecule has 6 heteroatoms. The van der Waals surface area contributed by atoms with E-state index < -0.39 is 0 Å². The van der Waals surface area contributed by atoms with Gasteiger partial charge in [-0.2, -0.15) is 0 Å². The molecule has 1 aliphatic rings. The molecule has 2 heterocycles. The number of likely N-dealkylation sites (N-methyl/N-ethyl adjacent to an activating group) is 1. The number of carbonyl (C=O) groups excluding carboxylic acids is 1. The Morgan fingerprint density at radius 3 is 2.62 bits per heavy atom. The Labute approximate surface area is 126 Å². The van der Waals surface area contributed by atoms with E-state index in [9.17, 15) is 4.79 Å². The number of hydrogen-bond donors (Lipinski definition) is 1. The fourth-order valence-electron chi connectivity index (χ4n) is 2.31. The minimum absolute atomic E-state index is 0.00533. The van der Waals surface area contributed by atoms with Crippen molar-refractivity contribution in [3.8, 4) is 0 Å². The summed E-state index contributed by atoms with van der Waals surface area (Å²) < 4.78 is 0. The van der Waals surface area contributed by atoms with Gasteiger partial charge in [-0.05, 0) is 32.9 Å². The van der Waals surface area contributed by atoms with Crippen LogP contribution in [0.2, 0.25) is 0 Å². The number of aromatic nitrogens is 2. The summed E-state index contributed by atoms with van der Waals surface area (Å²) >= 11 is 0. The van der Waals surface area contributed by atoms with Crippen LogP contribution in [0.4, 0.5) is 5.82 Å². The van der Waals surface area contributed by atoms with Crippen molar-refractivity contribution in [2.24, 2.45) is 5.92 Å². The molecule has 0 saturated carbocycles. The highest BCUT2D eigenvalue weighted by Gasteiger charge is 2.22. The first-order chi connectivity index (χ1) is 10.1. The molecule has 1 N–H and O–H groups in total. The van der Waals surface area contributed by atoms with Gasteiger partial charge in [0.25, 0.3) is 5.91 Å². The summed E-state index contributed by atoms with van der Waals surface area (Å²) in [6.45, 7) is 5.61. The number of rotatable bonds is 5. The Bertz CT molecular complexity index is 452.